The number of esters is 1. The number of hydrogen-bond donors (Lipinski definition) is 1. The van der Waals surface area contributed by atoms with Gasteiger partial charge in [-0.3, -0.25) is 14.4 Å². The molecule has 0 bridgehead atoms. The highest BCUT2D eigenvalue weighted by molar-refractivity contribution is 5.86. The summed E-state index contributed by atoms with van der Waals surface area (Å²) in [6.07, 6.45) is 0. The minimum atomic E-state index is -0.822. The Morgan fingerprint density at radius 1 is 1.21 bits per heavy atom. The highest BCUT2D eigenvalue weighted by Gasteiger charge is 2.18. The van der Waals surface area contributed by atoms with Crippen LogP contribution in [0, 0.1) is 0 Å². The Hall–Kier alpha value is -3.43. The fourth-order valence-electron chi connectivity index (χ4n) is 2.31. The molecule has 1 aromatic heterocycles. The van der Waals surface area contributed by atoms with Crippen molar-refractivity contribution in [1.82, 2.24) is 20.0 Å². The van der Waals surface area contributed by atoms with E-state index < -0.39 is 30.8 Å². The van der Waals surface area contributed by atoms with Gasteiger partial charge in [-0.05, 0) is 26.0 Å². The molecule has 0 atom stereocenters. The van der Waals surface area contributed by atoms with Crippen LogP contribution in [0.15, 0.2) is 39.5 Å². The van der Waals surface area contributed by atoms with Gasteiger partial charge in [0.25, 0.3) is 5.91 Å². The number of amides is 2. The van der Waals surface area contributed by atoms with E-state index in [9.17, 15) is 19.2 Å². The van der Waals surface area contributed by atoms with Crippen LogP contribution in [0.5, 0.6) is 0 Å². The van der Waals surface area contributed by atoms with Gasteiger partial charge in [0.15, 0.2) is 6.61 Å². The monoisotopic (exact) mass is 390 g/mol. The summed E-state index contributed by atoms with van der Waals surface area (Å²) in [7, 11) is 0. The zero-order valence-corrected chi connectivity index (χ0v) is 15.7. The van der Waals surface area contributed by atoms with Gasteiger partial charge in [-0.25, -0.2) is 4.79 Å². The third-order valence-electron chi connectivity index (χ3n) is 3.71. The second-order valence-corrected chi connectivity index (χ2v) is 5.72. The summed E-state index contributed by atoms with van der Waals surface area (Å²) >= 11 is 0. The Kier molecular flexibility index (Phi) is 7.49. The van der Waals surface area contributed by atoms with Crippen LogP contribution in [0.1, 0.15) is 13.8 Å². The van der Waals surface area contributed by atoms with Gasteiger partial charge in [-0.15, -0.1) is 5.10 Å². The minimum absolute atomic E-state index is 0.0774. The average Bonchev–Trinajstić information content (AvgIpc) is 3.05. The molecule has 10 nitrogen and oxygen atoms in total. The van der Waals surface area contributed by atoms with Crippen LogP contribution in [0.2, 0.25) is 0 Å². The first-order valence-corrected chi connectivity index (χ1v) is 8.78. The van der Waals surface area contributed by atoms with Crippen molar-refractivity contribution in [3.8, 4) is 11.5 Å². The number of likely N-dealkylation sites (N-methyl/N-ethyl adjacent to an activating group) is 2. The van der Waals surface area contributed by atoms with E-state index in [1.54, 1.807) is 44.2 Å². The molecule has 0 aliphatic heterocycles. The average molecular weight is 390 g/mol. The van der Waals surface area contributed by atoms with E-state index in [-0.39, 0.29) is 24.9 Å². The number of rotatable bonds is 9. The van der Waals surface area contributed by atoms with Gasteiger partial charge in [-0.2, -0.15) is 4.68 Å². The lowest BCUT2D eigenvalue weighted by molar-refractivity contribution is -0.153. The zero-order valence-electron chi connectivity index (χ0n) is 15.7. The van der Waals surface area contributed by atoms with Gasteiger partial charge in [0.1, 0.15) is 6.54 Å². The molecule has 2 amide bonds. The zero-order chi connectivity index (χ0) is 20.5. The number of ether oxygens (including phenoxy) is 1. The fraction of sp³-hybridized carbons (Fsp3) is 0.389. The van der Waals surface area contributed by atoms with Crippen LogP contribution in [0.25, 0.3) is 11.5 Å². The highest BCUT2D eigenvalue weighted by Crippen LogP contribution is 2.13. The topological polar surface area (TPSA) is 124 Å². The maximum absolute atomic E-state index is 12.1. The Morgan fingerprint density at radius 2 is 1.93 bits per heavy atom. The van der Waals surface area contributed by atoms with E-state index in [0.717, 1.165) is 4.68 Å². The number of hydrogen-bond acceptors (Lipinski definition) is 7. The number of carbonyl (C=O) groups is 3. The number of aromatic nitrogens is 2. The van der Waals surface area contributed by atoms with Crippen molar-refractivity contribution < 1.29 is 23.5 Å². The molecule has 2 rings (SSSR count). The molecule has 2 aromatic rings. The molecule has 1 N–H and O–H groups in total. The molecule has 0 aliphatic rings. The predicted octanol–water partition coefficient (Wildman–Crippen LogP) is 0.0311. The molecule has 0 fully saturated rings. The van der Waals surface area contributed by atoms with E-state index in [1.807, 2.05) is 0 Å². The first-order valence-electron chi connectivity index (χ1n) is 8.78. The minimum Gasteiger partial charge on any atom is -0.454 e. The maximum Gasteiger partial charge on any atom is 0.437 e. The molecule has 1 aromatic carbocycles. The lowest BCUT2D eigenvalue weighted by atomic mass is 10.2. The molecule has 150 valence electrons. The van der Waals surface area contributed by atoms with Crippen molar-refractivity contribution in [2.75, 3.05) is 26.2 Å². The molecule has 10 heteroatoms. The van der Waals surface area contributed by atoms with Gasteiger partial charge < -0.3 is 19.4 Å². The maximum atomic E-state index is 12.1. The molecule has 0 radical (unpaired) electrons. The summed E-state index contributed by atoms with van der Waals surface area (Å²) in [5, 5.41) is 6.53. The third kappa shape index (κ3) is 5.79. The summed E-state index contributed by atoms with van der Waals surface area (Å²) < 4.78 is 10.7. The summed E-state index contributed by atoms with van der Waals surface area (Å²) in [5.41, 5.74) is 0.589. The van der Waals surface area contributed by atoms with E-state index in [2.05, 4.69) is 10.4 Å². The van der Waals surface area contributed by atoms with Crippen LogP contribution in [-0.4, -0.2) is 58.7 Å². The SMILES string of the molecule is CCNC(=O)CN(CC)C(=O)COC(=O)Cn1nc(-c2ccccc2)oc1=O. The van der Waals surface area contributed by atoms with Gasteiger partial charge in [0, 0.05) is 18.7 Å². The van der Waals surface area contributed by atoms with Crippen LogP contribution in [-0.2, 0) is 25.7 Å². The smallest absolute Gasteiger partial charge is 0.437 e. The molecule has 0 unspecified atom stereocenters. The van der Waals surface area contributed by atoms with Crippen molar-refractivity contribution in [3.05, 3.63) is 40.9 Å². The Bertz CT molecular complexity index is 874. The molecular formula is C18H22N4O6. The van der Waals surface area contributed by atoms with Gasteiger partial charge in [-0.1, -0.05) is 18.2 Å². The van der Waals surface area contributed by atoms with Crippen LogP contribution < -0.4 is 11.1 Å². The molecular weight excluding hydrogens is 368 g/mol. The van der Waals surface area contributed by atoms with E-state index in [0.29, 0.717) is 12.1 Å². The van der Waals surface area contributed by atoms with Gasteiger partial charge in [0.05, 0.1) is 6.54 Å². The largest absolute Gasteiger partial charge is 0.454 e. The van der Waals surface area contributed by atoms with Crippen LogP contribution in [0.4, 0.5) is 0 Å². The molecule has 1 heterocycles. The molecule has 0 saturated heterocycles. The second-order valence-electron chi connectivity index (χ2n) is 5.72. The standard InChI is InChI=1S/C18H22N4O6/c1-3-19-14(23)10-21(4-2)15(24)12-27-16(25)11-22-18(26)28-17(20-22)13-8-6-5-7-9-13/h5-9H,3-4,10-12H2,1-2H3,(H,19,23). The highest BCUT2D eigenvalue weighted by atomic mass is 16.5. The molecule has 0 saturated carbocycles. The number of benzene rings is 1. The Balaban J connectivity index is 1.90. The summed E-state index contributed by atoms with van der Waals surface area (Å²) in [5.74, 6) is -2.37. The first-order chi connectivity index (χ1) is 13.4. The number of nitrogens with zero attached hydrogens (tertiary/aromatic N) is 3. The Morgan fingerprint density at radius 3 is 2.57 bits per heavy atom. The third-order valence-corrected chi connectivity index (χ3v) is 3.71. The van der Waals surface area contributed by atoms with Gasteiger partial charge in [0.2, 0.25) is 11.8 Å². The summed E-state index contributed by atoms with van der Waals surface area (Å²) in [6, 6.07) is 8.74. The Labute approximate surface area is 161 Å². The van der Waals surface area contributed by atoms with E-state index in [1.165, 1.54) is 4.90 Å². The van der Waals surface area contributed by atoms with Crippen molar-refractivity contribution >= 4 is 17.8 Å². The number of nitrogens with one attached hydrogen (secondary N) is 1. The van der Waals surface area contributed by atoms with E-state index >= 15 is 0 Å². The van der Waals surface area contributed by atoms with Crippen molar-refractivity contribution in [2.24, 2.45) is 0 Å². The summed E-state index contributed by atoms with van der Waals surface area (Å²) in [6.45, 7) is 3.07. The fourth-order valence-corrected chi connectivity index (χ4v) is 2.31. The van der Waals surface area contributed by atoms with Crippen molar-refractivity contribution in [2.45, 2.75) is 20.4 Å². The first kappa shape index (κ1) is 20.9. The summed E-state index contributed by atoms with van der Waals surface area (Å²) in [4.78, 5) is 48.7. The quantitative estimate of drug-likeness (QED) is 0.599. The normalized spacial score (nSPS) is 10.4. The van der Waals surface area contributed by atoms with Crippen molar-refractivity contribution in [3.63, 3.8) is 0 Å². The number of carbonyl (C=O) groups excluding carboxylic acids is 3. The lowest BCUT2D eigenvalue weighted by Gasteiger charge is -2.19. The second kappa shape index (κ2) is 10.0. The predicted molar refractivity (Wildman–Crippen MR) is 98.1 cm³/mol. The molecule has 0 spiro atoms. The van der Waals surface area contributed by atoms with Crippen LogP contribution in [0.3, 0.4) is 0 Å². The molecule has 0 aliphatic carbocycles. The van der Waals surface area contributed by atoms with E-state index in [4.69, 9.17) is 9.15 Å². The van der Waals surface area contributed by atoms with Crippen molar-refractivity contribution in [1.29, 1.82) is 0 Å². The van der Waals surface area contributed by atoms with Crippen LogP contribution >= 0.6 is 0 Å². The molecule has 28 heavy (non-hydrogen) atoms. The lowest BCUT2D eigenvalue weighted by Crippen LogP contribution is -2.42. The van der Waals surface area contributed by atoms with Gasteiger partial charge >= 0.3 is 11.7 Å².